The Kier molecular flexibility index (Phi) is 7.38. The summed E-state index contributed by atoms with van der Waals surface area (Å²) in [6.07, 6.45) is 10.8. The summed E-state index contributed by atoms with van der Waals surface area (Å²) in [6.45, 7) is 11.3. The molecule has 2 unspecified atom stereocenters. The van der Waals surface area contributed by atoms with Crippen LogP contribution in [0.5, 0.6) is 0 Å². The number of nitrogens with two attached hydrogens (primary N) is 1. The van der Waals surface area contributed by atoms with Crippen LogP contribution in [0.4, 0.5) is 0 Å². The predicted octanol–water partition coefficient (Wildman–Crippen LogP) is 4.18. The second-order valence-corrected chi connectivity index (χ2v) is 6.80. The molecule has 0 radical (unpaired) electrons. The van der Waals surface area contributed by atoms with Crippen LogP contribution in [0.1, 0.15) is 79.1 Å². The third-order valence-electron chi connectivity index (χ3n) is 5.05. The summed E-state index contributed by atoms with van der Waals surface area (Å²) in [5.74, 6) is 0.953. The van der Waals surface area contributed by atoms with Crippen molar-refractivity contribution in [1.29, 1.82) is 0 Å². The first kappa shape index (κ1) is 17.0. The number of hydrogen-bond acceptors (Lipinski definition) is 2. The van der Waals surface area contributed by atoms with Crippen molar-refractivity contribution in [3.63, 3.8) is 0 Å². The van der Waals surface area contributed by atoms with Crippen molar-refractivity contribution >= 4 is 0 Å². The van der Waals surface area contributed by atoms with E-state index in [2.05, 4.69) is 32.6 Å². The second kappa shape index (κ2) is 8.26. The van der Waals surface area contributed by atoms with Crippen LogP contribution in [0.15, 0.2) is 0 Å². The minimum atomic E-state index is 0.284. The van der Waals surface area contributed by atoms with Gasteiger partial charge in [-0.1, -0.05) is 39.5 Å². The van der Waals surface area contributed by atoms with Gasteiger partial charge in [-0.2, -0.15) is 0 Å². The van der Waals surface area contributed by atoms with Crippen molar-refractivity contribution in [3.8, 4) is 0 Å². The SMILES string of the molecule is CCCC1CCCC(CN)(N(CCC)C(C)C)CC1. The van der Waals surface area contributed by atoms with Crippen LogP contribution in [0.3, 0.4) is 0 Å². The van der Waals surface area contributed by atoms with E-state index in [0.717, 1.165) is 12.5 Å². The fraction of sp³-hybridized carbons (Fsp3) is 1.00. The van der Waals surface area contributed by atoms with Crippen LogP contribution in [0, 0.1) is 5.92 Å². The Balaban J connectivity index is 2.77. The molecule has 2 heteroatoms. The lowest BCUT2D eigenvalue weighted by Crippen LogP contribution is -2.56. The Labute approximate surface area is 121 Å². The quantitative estimate of drug-likeness (QED) is 0.702. The van der Waals surface area contributed by atoms with E-state index in [1.807, 2.05) is 0 Å². The standard InChI is InChI=1S/C17H36N2/c1-5-8-16-9-7-11-17(14-18,12-10-16)19(13-6-2)15(3)4/h15-16H,5-14,18H2,1-4H3. The maximum absolute atomic E-state index is 6.25. The Morgan fingerprint density at radius 1 is 1.16 bits per heavy atom. The Bertz CT molecular complexity index is 239. The van der Waals surface area contributed by atoms with Gasteiger partial charge in [0.25, 0.3) is 0 Å². The van der Waals surface area contributed by atoms with Crippen LogP contribution in [0.25, 0.3) is 0 Å². The van der Waals surface area contributed by atoms with E-state index in [4.69, 9.17) is 5.73 Å². The highest BCUT2D eigenvalue weighted by Crippen LogP contribution is 2.37. The third kappa shape index (κ3) is 4.46. The van der Waals surface area contributed by atoms with Crippen molar-refractivity contribution in [2.45, 2.75) is 90.6 Å². The summed E-state index contributed by atoms with van der Waals surface area (Å²) >= 11 is 0. The monoisotopic (exact) mass is 268 g/mol. The van der Waals surface area contributed by atoms with Crippen molar-refractivity contribution in [2.24, 2.45) is 11.7 Å². The van der Waals surface area contributed by atoms with Gasteiger partial charge >= 0.3 is 0 Å². The molecule has 0 aliphatic heterocycles. The molecular formula is C17H36N2. The normalized spacial score (nSPS) is 28.9. The van der Waals surface area contributed by atoms with Crippen LogP contribution in [0.2, 0.25) is 0 Å². The molecule has 0 spiro atoms. The van der Waals surface area contributed by atoms with E-state index in [1.165, 1.54) is 57.9 Å². The van der Waals surface area contributed by atoms with E-state index in [0.29, 0.717) is 6.04 Å². The molecule has 1 fully saturated rings. The van der Waals surface area contributed by atoms with E-state index in [1.54, 1.807) is 0 Å². The molecule has 1 aliphatic carbocycles. The van der Waals surface area contributed by atoms with Crippen molar-refractivity contribution < 1.29 is 0 Å². The van der Waals surface area contributed by atoms with Gasteiger partial charge < -0.3 is 5.73 Å². The molecule has 0 heterocycles. The van der Waals surface area contributed by atoms with Gasteiger partial charge in [0.05, 0.1) is 0 Å². The third-order valence-corrected chi connectivity index (χ3v) is 5.05. The molecule has 0 aromatic heterocycles. The minimum absolute atomic E-state index is 0.284. The van der Waals surface area contributed by atoms with E-state index < -0.39 is 0 Å². The molecule has 2 nitrogen and oxygen atoms in total. The molecular weight excluding hydrogens is 232 g/mol. The Morgan fingerprint density at radius 2 is 1.89 bits per heavy atom. The van der Waals surface area contributed by atoms with Gasteiger partial charge in [0, 0.05) is 18.1 Å². The minimum Gasteiger partial charge on any atom is -0.329 e. The lowest BCUT2D eigenvalue weighted by atomic mass is 9.86. The molecule has 2 N–H and O–H groups in total. The highest BCUT2D eigenvalue weighted by Gasteiger charge is 2.38. The molecule has 0 aromatic rings. The average molecular weight is 268 g/mol. The molecule has 1 saturated carbocycles. The summed E-state index contributed by atoms with van der Waals surface area (Å²) in [5, 5.41) is 0. The highest BCUT2D eigenvalue weighted by atomic mass is 15.2. The lowest BCUT2D eigenvalue weighted by molar-refractivity contribution is 0.0468. The molecule has 2 atom stereocenters. The second-order valence-electron chi connectivity index (χ2n) is 6.80. The van der Waals surface area contributed by atoms with Gasteiger partial charge in [-0.05, 0) is 52.0 Å². The summed E-state index contributed by atoms with van der Waals surface area (Å²) in [6, 6.07) is 0.617. The van der Waals surface area contributed by atoms with Crippen LogP contribution in [-0.4, -0.2) is 29.6 Å². The van der Waals surface area contributed by atoms with Crippen molar-refractivity contribution in [3.05, 3.63) is 0 Å². The fourth-order valence-corrected chi connectivity index (χ4v) is 4.05. The molecule has 0 bridgehead atoms. The number of nitrogens with zero attached hydrogens (tertiary/aromatic N) is 1. The molecule has 1 aliphatic rings. The molecule has 114 valence electrons. The lowest BCUT2D eigenvalue weighted by Gasteiger charge is -2.46. The Hall–Kier alpha value is -0.0800. The maximum Gasteiger partial charge on any atom is 0.0334 e. The Morgan fingerprint density at radius 3 is 2.42 bits per heavy atom. The van der Waals surface area contributed by atoms with E-state index >= 15 is 0 Å². The molecule has 0 amide bonds. The van der Waals surface area contributed by atoms with Crippen molar-refractivity contribution in [1.82, 2.24) is 4.90 Å². The van der Waals surface area contributed by atoms with Crippen LogP contribution < -0.4 is 5.73 Å². The van der Waals surface area contributed by atoms with Crippen molar-refractivity contribution in [2.75, 3.05) is 13.1 Å². The highest BCUT2D eigenvalue weighted by molar-refractivity contribution is 4.95. The van der Waals surface area contributed by atoms with Gasteiger partial charge in [-0.3, -0.25) is 4.90 Å². The van der Waals surface area contributed by atoms with Gasteiger partial charge in [0.1, 0.15) is 0 Å². The zero-order valence-electron chi connectivity index (χ0n) is 13.8. The topological polar surface area (TPSA) is 29.3 Å². The zero-order chi connectivity index (χ0) is 14.3. The first-order valence-electron chi connectivity index (χ1n) is 8.56. The summed E-state index contributed by atoms with van der Waals surface area (Å²) in [7, 11) is 0. The van der Waals surface area contributed by atoms with Crippen LogP contribution >= 0.6 is 0 Å². The van der Waals surface area contributed by atoms with E-state index in [-0.39, 0.29) is 5.54 Å². The molecule has 0 saturated heterocycles. The van der Waals surface area contributed by atoms with Gasteiger partial charge in [-0.25, -0.2) is 0 Å². The predicted molar refractivity (Wildman–Crippen MR) is 85.4 cm³/mol. The first-order chi connectivity index (χ1) is 9.09. The summed E-state index contributed by atoms with van der Waals surface area (Å²) in [5.41, 5.74) is 6.54. The summed E-state index contributed by atoms with van der Waals surface area (Å²) in [4.78, 5) is 2.71. The summed E-state index contributed by atoms with van der Waals surface area (Å²) < 4.78 is 0. The van der Waals surface area contributed by atoms with Gasteiger partial charge in [0.15, 0.2) is 0 Å². The van der Waals surface area contributed by atoms with E-state index in [9.17, 15) is 0 Å². The molecule has 19 heavy (non-hydrogen) atoms. The maximum atomic E-state index is 6.25. The zero-order valence-corrected chi connectivity index (χ0v) is 13.8. The van der Waals surface area contributed by atoms with Gasteiger partial charge in [0.2, 0.25) is 0 Å². The molecule has 1 rings (SSSR count). The fourth-order valence-electron chi connectivity index (χ4n) is 4.05. The largest absolute Gasteiger partial charge is 0.329 e. The average Bonchev–Trinajstić information content (AvgIpc) is 2.59. The number of rotatable bonds is 7. The first-order valence-corrected chi connectivity index (χ1v) is 8.56. The smallest absolute Gasteiger partial charge is 0.0334 e. The molecule has 0 aromatic carbocycles. The number of hydrogen-bond donors (Lipinski definition) is 1. The van der Waals surface area contributed by atoms with Gasteiger partial charge in [-0.15, -0.1) is 0 Å². The van der Waals surface area contributed by atoms with Crippen LogP contribution in [-0.2, 0) is 0 Å².